The fraction of sp³-hybridized carbons (Fsp3) is 0.188. The van der Waals surface area contributed by atoms with E-state index in [4.69, 9.17) is 0 Å². The number of carbonyl (C=O) groups excluding carboxylic acids is 1. The van der Waals surface area contributed by atoms with Crippen molar-refractivity contribution < 1.29 is 4.79 Å². The van der Waals surface area contributed by atoms with Gasteiger partial charge in [-0.05, 0) is 30.2 Å². The minimum absolute atomic E-state index is 0.230. The summed E-state index contributed by atoms with van der Waals surface area (Å²) in [5.41, 5.74) is 2.84. The van der Waals surface area contributed by atoms with Gasteiger partial charge in [-0.15, -0.1) is 0 Å². The third-order valence-electron chi connectivity index (χ3n) is 3.37. The molecule has 0 aliphatic carbocycles. The van der Waals surface area contributed by atoms with Gasteiger partial charge < -0.3 is 10.6 Å². The standard InChI is InChI=1S/C16H18N6O/c1-21-12-14(11-19-21)20-16(23)17-9-7-13-3-5-15(6-4-13)22-10-2-8-18-22/h2-6,8,10-12H,7,9H2,1H3,(H2,17,20,23). The summed E-state index contributed by atoms with van der Waals surface area (Å²) >= 11 is 0. The molecule has 3 rings (SSSR count). The Bertz CT molecular complexity index is 760. The highest BCUT2D eigenvalue weighted by Crippen LogP contribution is 2.09. The lowest BCUT2D eigenvalue weighted by Gasteiger charge is -2.07. The van der Waals surface area contributed by atoms with E-state index in [9.17, 15) is 4.79 Å². The van der Waals surface area contributed by atoms with Crippen LogP contribution in [0.1, 0.15) is 5.56 Å². The highest BCUT2D eigenvalue weighted by atomic mass is 16.2. The van der Waals surface area contributed by atoms with Crippen LogP contribution in [0.2, 0.25) is 0 Å². The highest BCUT2D eigenvalue weighted by Gasteiger charge is 2.03. The molecular formula is C16H18N6O. The molecule has 118 valence electrons. The predicted molar refractivity (Wildman–Crippen MR) is 87.5 cm³/mol. The number of aromatic nitrogens is 4. The van der Waals surface area contributed by atoms with E-state index in [0.29, 0.717) is 12.2 Å². The van der Waals surface area contributed by atoms with Crippen molar-refractivity contribution in [2.24, 2.45) is 7.05 Å². The fourth-order valence-electron chi connectivity index (χ4n) is 2.22. The van der Waals surface area contributed by atoms with Crippen molar-refractivity contribution in [2.45, 2.75) is 6.42 Å². The molecule has 0 unspecified atom stereocenters. The first-order valence-corrected chi connectivity index (χ1v) is 7.33. The van der Waals surface area contributed by atoms with E-state index in [0.717, 1.165) is 17.7 Å². The lowest BCUT2D eigenvalue weighted by atomic mass is 10.1. The minimum Gasteiger partial charge on any atom is -0.338 e. The topological polar surface area (TPSA) is 76.8 Å². The maximum absolute atomic E-state index is 11.8. The molecule has 7 heteroatoms. The molecule has 0 atom stereocenters. The summed E-state index contributed by atoms with van der Waals surface area (Å²) in [6.45, 7) is 0.563. The quantitative estimate of drug-likeness (QED) is 0.756. The molecule has 2 heterocycles. The second kappa shape index (κ2) is 6.78. The molecule has 3 aromatic rings. The number of amides is 2. The van der Waals surface area contributed by atoms with Gasteiger partial charge in [0.1, 0.15) is 0 Å². The van der Waals surface area contributed by atoms with E-state index < -0.39 is 0 Å². The van der Waals surface area contributed by atoms with Crippen molar-refractivity contribution >= 4 is 11.7 Å². The van der Waals surface area contributed by atoms with Gasteiger partial charge in [0, 0.05) is 32.2 Å². The molecule has 0 saturated carbocycles. The van der Waals surface area contributed by atoms with Crippen molar-refractivity contribution in [3.63, 3.8) is 0 Å². The van der Waals surface area contributed by atoms with E-state index in [-0.39, 0.29) is 6.03 Å². The Kier molecular flexibility index (Phi) is 4.37. The number of carbonyl (C=O) groups is 1. The molecule has 2 aromatic heterocycles. The third kappa shape index (κ3) is 3.97. The molecule has 0 aliphatic heterocycles. The first-order chi connectivity index (χ1) is 11.2. The van der Waals surface area contributed by atoms with Crippen molar-refractivity contribution in [3.05, 3.63) is 60.7 Å². The van der Waals surface area contributed by atoms with Crippen molar-refractivity contribution in [1.29, 1.82) is 0 Å². The predicted octanol–water partition coefficient (Wildman–Crippen LogP) is 1.97. The first-order valence-electron chi connectivity index (χ1n) is 7.33. The number of anilines is 1. The van der Waals surface area contributed by atoms with Crippen LogP contribution in [0, 0.1) is 0 Å². The van der Waals surface area contributed by atoms with Crippen LogP contribution in [0.15, 0.2) is 55.1 Å². The highest BCUT2D eigenvalue weighted by molar-refractivity contribution is 5.88. The molecule has 0 radical (unpaired) electrons. The van der Waals surface area contributed by atoms with Crippen LogP contribution in [0.4, 0.5) is 10.5 Å². The van der Waals surface area contributed by atoms with Crippen molar-refractivity contribution in [3.8, 4) is 5.69 Å². The van der Waals surface area contributed by atoms with Crippen LogP contribution in [-0.2, 0) is 13.5 Å². The first kappa shape index (κ1) is 14.8. The normalized spacial score (nSPS) is 10.5. The Morgan fingerprint density at radius 1 is 1.22 bits per heavy atom. The van der Waals surface area contributed by atoms with Crippen molar-refractivity contribution in [1.82, 2.24) is 24.9 Å². The monoisotopic (exact) mass is 310 g/mol. The van der Waals surface area contributed by atoms with E-state index in [1.165, 1.54) is 0 Å². The lowest BCUT2D eigenvalue weighted by Crippen LogP contribution is -2.30. The van der Waals surface area contributed by atoms with E-state index in [2.05, 4.69) is 20.8 Å². The van der Waals surface area contributed by atoms with Crippen LogP contribution in [0.5, 0.6) is 0 Å². The molecule has 0 bridgehead atoms. The number of rotatable bonds is 5. The zero-order valence-corrected chi connectivity index (χ0v) is 12.8. The molecule has 2 N–H and O–H groups in total. The molecule has 7 nitrogen and oxygen atoms in total. The van der Waals surface area contributed by atoms with Crippen LogP contribution >= 0.6 is 0 Å². The molecule has 0 fully saturated rings. The maximum atomic E-state index is 11.8. The van der Waals surface area contributed by atoms with Gasteiger partial charge in [-0.1, -0.05) is 12.1 Å². The number of benzene rings is 1. The number of hydrogen-bond donors (Lipinski definition) is 2. The zero-order valence-electron chi connectivity index (χ0n) is 12.8. The fourth-order valence-corrected chi connectivity index (χ4v) is 2.22. The van der Waals surface area contributed by atoms with Gasteiger partial charge in [-0.25, -0.2) is 9.48 Å². The van der Waals surface area contributed by atoms with Crippen LogP contribution in [0.25, 0.3) is 5.69 Å². The van der Waals surface area contributed by atoms with Crippen LogP contribution in [0.3, 0.4) is 0 Å². The molecule has 0 saturated heterocycles. The van der Waals surface area contributed by atoms with Gasteiger partial charge in [0.05, 0.1) is 17.6 Å². The number of urea groups is 1. The minimum atomic E-state index is -0.230. The average molecular weight is 310 g/mol. The largest absolute Gasteiger partial charge is 0.338 e. The Balaban J connectivity index is 1.46. The number of nitrogens with one attached hydrogen (secondary N) is 2. The Labute approximate surface area is 133 Å². The van der Waals surface area contributed by atoms with Gasteiger partial charge in [0.25, 0.3) is 0 Å². The summed E-state index contributed by atoms with van der Waals surface area (Å²) in [4.78, 5) is 11.8. The zero-order chi connectivity index (χ0) is 16.1. The summed E-state index contributed by atoms with van der Waals surface area (Å²) in [7, 11) is 1.80. The summed E-state index contributed by atoms with van der Waals surface area (Å²) < 4.78 is 3.44. The van der Waals surface area contributed by atoms with Crippen LogP contribution in [-0.4, -0.2) is 32.1 Å². The molecule has 2 amide bonds. The SMILES string of the molecule is Cn1cc(NC(=O)NCCc2ccc(-n3cccn3)cc2)cn1. The number of aryl methyl sites for hydroxylation is 1. The summed E-state index contributed by atoms with van der Waals surface area (Å²) in [6.07, 6.45) is 7.76. The smallest absolute Gasteiger partial charge is 0.319 e. The van der Waals surface area contributed by atoms with E-state index in [1.807, 2.05) is 41.2 Å². The number of hydrogen-bond acceptors (Lipinski definition) is 3. The Hall–Kier alpha value is -3.09. The van der Waals surface area contributed by atoms with Gasteiger partial charge in [0.15, 0.2) is 0 Å². The van der Waals surface area contributed by atoms with E-state index in [1.54, 1.807) is 30.3 Å². The third-order valence-corrected chi connectivity index (χ3v) is 3.37. The van der Waals surface area contributed by atoms with Crippen molar-refractivity contribution in [2.75, 3.05) is 11.9 Å². The molecule has 0 spiro atoms. The Morgan fingerprint density at radius 3 is 2.70 bits per heavy atom. The second-order valence-electron chi connectivity index (χ2n) is 5.15. The maximum Gasteiger partial charge on any atom is 0.319 e. The van der Waals surface area contributed by atoms with Gasteiger partial charge >= 0.3 is 6.03 Å². The molecular weight excluding hydrogens is 292 g/mol. The Morgan fingerprint density at radius 2 is 2.04 bits per heavy atom. The summed E-state index contributed by atoms with van der Waals surface area (Å²) in [5.74, 6) is 0. The summed E-state index contributed by atoms with van der Waals surface area (Å²) in [6, 6.07) is 9.76. The van der Waals surface area contributed by atoms with Crippen LogP contribution < -0.4 is 10.6 Å². The lowest BCUT2D eigenvalue weighted by molar-refractivity contribution is 0.252. The second-order valence-corrected chi connectivity index (χ2v) is 5.15. The van der Waals surface area contributed by atoms with Gasteiger partial charge in [-0.2, -0.15) is 10.2 Å². The van der Waals surface area contributed by atoms with E-state index >= 15 is 0 Å². The molecule has 1 aromatic carbocycles. The summed E-state index contributed by atoms with van der Waals surface area (Å²) in [5, 5.41) is 13.7. The number of nitrogens with zero attached hydrogens (tertiary/aromatic N) is 4. The van der Waals surface area contributed by atoms with Gasteiger partial charge in [-0.3, -0.25) is 4.68 Å². The molecule has 0 aliphatic rings. The van der Waals surface area contributed by atoms with Gasteiger partial charge in [0.2, 0.25) is 0 Å². The average Bonchev–Trinajstić information content (AvgIpc) is 3.20. The molecule has 23 heavy (non-hydrogen) atoms.